The maximum absolute atomic E-state index is 11.8. The number of aryl methyl sites for hydroxylation is 1. The maximum Gasteiger partial charge on any atom is 0.211 e. The molecule has 0 saturated carbocycles. The van der Waals surface area contributed by atoms with Crippen molar-refractivity contribution < 1.29 is 14.4 Å². The van der Waals surface area contributed by atoms with Crippen LogP contribution < -0.4 is 25.8 Å². The Labute approximate surface area is 283 Å². The number of piperidine rings is 1. The van der Waals surface area contributed by atoms with Gasteiger partial charge >= 0.3 is 0 Å². The van der Waals surface area contributed by atoms with Gasteiger partial charge in [0.25, 0.3) is 0 Å². The topological polar surface area (TPSA) is 97.0 Å². The SMILES string of the molecule is C=CNC=O.CCCC(C)N(C)Cc1cc(N2CCN(c3ccc(CCC(CCNC=O)C4CCNCC4)cc3)CC2)ccc1C=O. The number of anilines is 2. The number of carbonyl (C=O) groups is 3. The third-order valence-corrected chi connectivity index (χ3v) is 9.86. The number of benzene rings is 2. The van der Waals surface area contributed by atoms with Gasteiger partial charge in [0.05, 0.1) is 0 Å². The molecule has 4 rings (SSSR count). The lowest BCUT2D eigenvalue weighted by atomic mass is 9.79. The smallest absolute Gasteiger partial charge is 0.211 e. The van der Waals surface area contributed by atoms with Crippen molar-refractivity contribution in [3.63, 3.8) is 0 Å². The first-order valence-corrected chi connectivity index (χ1v) is 17.5. The summed E-state index contributed by atoms with van der Waals surface area (Å²) < 4.78 is 0. The van der Waals surface area contributed by atoms with Crippen molar-refractivity contribution in [3.05, 3.63) is 71.9 Å². The average Bonchev–Trinajstić information content (AvgIpc) is 3.11. The Kier molecular flexibility index (Phi) is 17.1. The normalized spacial score (nSPS) is 16.4. The molecule has 258 valence electrons. The first-order chi connectivity index (χ1) is 22.9. The van der Waals surface area contributed by atoms with Gasteiger partial charge in [0, 0.05) is 62.2 Å². The zero-order chi connectivity index (χ0) is 33.9. The third kappa shape index (κ3) is 12.5. The summed E-state index contributed by atoms with van der Waals surface area (Å²) in [5.41, 5.74) is 5.84. The Morgan fingerprint density at radius 3 is 2.17 bits per heavy atom. The zero-order valence-corrected chi connectivity index (χ0v) is 29.0. The summed E-state index contributed by atoms with van der Waals surface area (Å²) in [5.74, 6) is 1.42. The van der Waals surface area contributed by atoms with Gasteiger partial charge in [0.1, 0.15) is 6.29 Å². The molecular formula is C38H58N6O3. The number of hydrogen-bond acceptors (Lipinski definition) is 7. The highest BCUT2D eigenvalue weighted by atomic mass is 16.1. The largest absolute Gasteiger partial charge is 0.368 e. The third-order valence-electron chi connectivity index (χ3n) is 9.86. The van der Waals surface area contributed by atoms with Crippen LogP contribution in [0.25, 0.3) is 0 Å². The van der Waals surface area contributed by atoms with Crippen molar-refractivity contribution in [2.45, 2.75) is 71.4 Å². The van der Waals surface area contributed by atoms with Crippen molar-refractivity contribution in [1.82, 2.24) is 20.9 Å². The van der Waals surface area contributed by atoms with Crippen molar-refractivity contribution in [2.75, 3.05) is 62.7 Å². The lowest BCUT2D eigenvalue weighted by Crippen LogP contribution is -2.46. The lowest BCUT2D eigenvalue weighted by Gasteiger charge is -2.38. The molecular weight excluding hydrogens is 588 g/mol. The van der Waals surface area contributed by atoms with Gasteiger partial charge < -0.3 is 25.8 Å². The van der Waals surface area contributed by atoms with E-state index in [9.17, 15) is 14.4 Å². The molecule has 2 amide bonds. The van der Waals surface area contributed by atoms with Gasteiger partial charge in [-0.15, -0.1) is 0 Å². The minimum atomic E-state index is 0.495. The van der Waals surface area contributed by atoms with Crippen LogP contribution in [0.4, 0.5) is 11.4 Å². The summed E-state index contributed by atoms with van der Waals surface area (Å²) in [7, 11) is 2.16. The Hall–Kier alpha value is -3.69. The fourth-order valence-corrected chi connectivity index (χ4v) is 6.86. The van der Waals surface area contributed by atoms with Crippen molar-refractivity contribution in [1.29, 1.82) is 0 Å². The first-order valence-electron chi connectivity index (χ1n) is 17.5. The second kappa shape index (κ2) is 21.2. The van der Waals surface area contributed by atoms with Crippen molar-refractivity contribution in [2.24, 2.45) is 11.8 Å². The summed E-state index contributed by atoms with van der Waals surface area (Å²) in [5, 5.41) is 8.56. The predicted molar refractivity (Wildman–Crippen MR) is 194 cm³/mol. The molecule has 2 aliphatic rings. The van der Waals surface area contributed by atoms with Crippen LogP contribution in [0.5, 0.6) is 0 Å². The van der Waals surface area contributed by atoms with Gasteiger partial charge in [-0.2, -0.15) is 0 Å². The molecule has 9 heteroatoms. The van der Waals surface area contributed by atoms with Crippen LogP contribution in [0.15, 0.2) is 55.2 Å². The van der Waals surface area contributed by atoms with Gasteiger partial charge in [-0.05, 0) is 125 Å². The second-order valence-electron chi connectivity index (χ2n) is 12.9. The number of nitrogens with zero attached hydrogens (tertiary/aromatic N) is 3. The Balaban J connectivity index is 0.00000111. The van der Waals surface area contributed by atoms with Crippen LogP contribution in [0, 0.1) is 11.8 Å². The summed E-state index contributed by atoms with van der Waals surface area (Å²) in [6.07, 6.45) is 11.9. The number of carbonyl (C=O) groups excluding carboxylic acids is 3. The Morgan fingerprint density at radius 1 is 0.936 bits per heavy atom. The molecule has 0 spiro atoms. The van der Waals surface area contributed by atoms with E-state index >= 15 is 0 Å². The highest BCUT2D eigenvalue weighted by Gasteiger charge is 2.23. The van der Waals surface area contributed by atoms with Gasteiger partial charge in [-0.3, -0.25) is 19.3 Å². The molecule has 2 heterocycles. The van der Waals surface area contributed by atoms with Crippen LogP contribution in [0.1, 0.15) is 73.9 Å². The summed E-state index contributed by atoms with van der Waals surface area (Å²) in [4.78, 5) is 39.1. The number of rotatable bonds is 18. The van der Waals surface area contributed by atoms with Crippen LogP contribution >= 0.6 is 0 Å². The number of aldehydes is 1. The van der Waals surface area contributed by atoms with Gasteiger partial charge in [0.2, 0.25) is 12.8 Å². The van der Waals surface area contributed by atoms with E-state index in [1.54, 1.807) is 0 Å². The van der Waals surface area contributed by atoms with Gasteiger partial charge in [-0.25, -0.2) is 0 Å². The molecule has 2 aromatic carbocycles. The minimum absolute atomic E-state index is 0.495. The van der Waals surface area contributed by atoms with E-state index in [0.717, 1.165) is 101 Å². The second-order valence-corrected chi connectivity index (χ2v) is 12.9. The molecule has 2 atom stereocenters. The molecule has 0 aliphatic carbocycles. The lowest BCUT2D eigenvalue weighted by molar-refractivity contribution is -0.110. The molecule has 2 fully saturated rings. The molecule has 0 radical (unpaired) electrons. The molecule has 47 heavy (non-hydrogen) atoms. The fourth-order valence-electron chi connectivity index (χ4n) is 6.86. The van der Waals surface area contributed by atoms with E-state index in [4.69, 9.17) is 0 Å². The molecule has 0 bridgehead atoms. The van der Waals surface area contributed by atoms with Crippen LogP contribution in [-0.2, 0) is 22.6 Å². The number of hydrogen-bond donors (Lipinski definition) is 3. The molecule has 2 aliphatic heterocycles. The quantitative estimate of drug-likeness (QED) is 0.155. The van der Waals surface area contributed by atoms with E-state index < -0.39 is 0 Å². The Bertz CT molecular complexity index is 1200. The number of piperazine rings is 1. The minimum Gasteiger partial charge on any atom is -0.368 e. The van der Waals surface area contributed by atoms with Crippen molar-refractivity contribution in [3.8, 4) is 0 Å². The molecule has 3 N–H and O–H groups in total. The fraction of sp³-hybridized carbons (Fsp3) is 0.553. The highest BCUT2D eigenvalue weighted by Crippen LogP contribution is 2.30. The molecule has 0 aromatic heterocycles. The summed E-state index contributed by atoms with van der Waals surface area (Å²) in [6, 6.07) is 16.0. The van der Waals surface area contributed by atoms with Gasteiger partial charge in [0.15, 0.2) is 0 Å². The Morgan fingerprint density at radius 2 is 1.60 bits per heavy atom. The van der Waals surface area contributed by atoms with Crippen molar-refractivity contribution >= 4 is 30.5 Å². The average molecular weight is 647 g/mol. The molecule has 2 aromatic rings. The van der Waals surface area contributed by atoms with E-state index in [2.05, 4.69) is 94.5 Å². The first kappa shape index (κ1) is 37.8. The van der Waals surface area contributed by atoms with E-state index in [-0.39, 0.29) is 0 Å². The van der Waals surface area contributed by atoms with Crippen LogP contribution in [0.3, 0.4) is 0 Å². The molecule has 9 nitrogen and oxygen atoms in total. The monoisotopic (exact) mass is 646 g/mol. The van der Waals surface area contributed by atoms with Crippen LogP contribution in [0.2, 0.25) is 0 Å². The number of nitrogens with one attached hydrogen (secondary N) is 3. The van der Waals surface area contributed by atoms with E-state index in [1.165, 1.54) is 48.8 Å². The van der Waals surface area contributed by atoms with Crippen LogP contribution in [-0.4, -0.2) is 82.9 Å². The predicted octanol–water partition coefficient (Wildman–Crippen LogP) is 5.01. The summed E-state index contributed by atoms with van der Waals surface area (Å²) >= 11 is 0. The van der Waals surface area contributed by atoms with E-state index in [1.807, 2.05) is 6.07 Å². The standard InChI is InChI=1S/C35H53N5O2.C3H5NO/c1-4-5-28(2)38(3)25-33-24-35(13-10-32(33)26-41)40-22-20-39(21-23-40)34-11-7-29(8-12-34)6-9-30(16-19-37-27-42)31-14-17-36-18-15-31;1-2-4-3-5/h7-8,10-13,24,26-28,30-31,36H,4-6,9,14-23,25H2,1-3H3,(H,37,42);2-3H,1H2,(H,4,5). The highest BCUT2D eigenvalue weighted by molar-refractivity contribution is 5.78. The summed E-state index contributed by atoms with van der Waals surface area (Å²) in [6.45, 7) is 15.4. The number of amides is 2. The molecule has 2 saturated heterocycles. The van der Waals surface area contributed by atoms with E-state index in [0.29, 0.717) is 18.4 Å². The molecule has 2 unspecified atom stereocenters. The van der Waals surface area contributed by atoms with Gasteiger partial charge in [-0.1, -0.05) is 32.1 Å². The maximum atomic E-state index is 11.8. The zero-order valence-electron chi connectivity index (χ0n) is 29.0.